The van der Waals surface area contributed by atoms with Gasteiger partial charge < -0.3 is 16.0 Å². The van der Waals surface area contributed by atoms with Gasteiger partial charge in [0.25, 0.3) is 0 Å². The lowest BCUT2D eigenvalue weighted by molar-refractivity contribution is -0.137. The Labute approximate surface area is 157 Å². The Kier molecular flexibility index (Phi) is 5.08. The molecule has 3 rings (SSSR count). The summed E-state index contributed by atoms with van der Waals surface area (Å²) in [5.74, 6) is -2.53. The number of rotatable bonds is 3. The number of amides is 3. The highest BCUT2D eigenvalue weighted by atomic mass is 19.4. The molecule has 3 N–H and O–H groups in total. The summed E-state index contributed by atoms with van der Waals surface area (Å²) in [6, 6.07) is 7.94. The molecule has 0 radical (unpaired) electrons. The maximum atomic E-state index is 14.2. The molecule has 0 saturated carbocycles. The van der Waals surface area contributed by atoms with Crippen LogP contribution in [-0.2, 0) is 11.0 Å². The second-order valence-electron chi connectivity index (χ2n) is 6.17. The Hall–Kier alpha value is -3.36. The number of hydrogen-bond donors (Lipinski definition) is 3. The van der Waals surface area contributed by atoms with Gasteiger partial charge in [-0.05, 0) is 24.3 Å². The van der Waals surface area contributed by atoms with Crippen LogP contribution in [0.2, 0.25) is 0 Å². The number of nitrogens with one attached hydrogen (secondary N) is 3. The third-order valence-electron chi connectivity index (χ3n) is 4.25. The Bertz CT molecular complexity index is 943. The smallest absolute Gasteiger partial charge is 0.330 e. The fourth-order valence-corrected chi connectivity index (χ4v) is 2.97. The van der Waals surface area contributed by atoms with E-state index in [4.69, 9.17) is 0 Å². The Balaban J connectivity index is 1.91. The fourth-order valence-electron chi connectivity index (χ4n) is 2.97. The van der Waals surface area contributed by atoms with Crippen LogP contribution in [0, 0.1) is 11.7 Å². The Morgan fingerprint density at radius 2 is 1.82 bits per heavy atom. The third-order valence-corrected chi connectivity index (χ3v) is 4.25. The summed E-state index contributed by atoms with van der Waals surface area (Å²) in [4.78, 5) is 24.6. The normalized spacial score (nSPS) is 19.6. The molecule has 2 aromatic carbocycles. The van der Waals surface area contributed by atoms with Crippen molar-refractivity contribution in [2.75, 3.05) is 5.32 Å². The number of hydrogen-bond acceptors (Lipinski definition) is 2. The molecule has 0 aliphatic carbocycles. The maximum absolute atomic E-state index is 14.2. The van der Waals surface area contributed by atoms with Crippen molar-refractivity contribution in [2.24, 2.45) is 5.92 Å². The SMILES string of the molecule is C=C1NC(=O)N[C@H](c2ccccc2F)[C@H]1C(=O)Nc1cccc(C(F)(F)F)c1. The summed E-state index contributed by atoms with van der Waals surface area (Å²) in [6.45, 7) is 3.64. The van der Waals surface area contributed by atoms with Gasteiger partial charge in [-0.15, -0.1) is 0 Å². The van der Waals surface area contributed by atoms with E-state index >= 15 is 0 Å². The highest BCUT2D eigenvalue weighted by Gasteiger charge is 2.39. The van der Waals surface area contributed by atoms with Crippen molar-refractivity contribution < 1.29 is 27.2 Å². The number of carbonyl (C=O) groups excluding carboxylic acids is 2. The number of urea groups is 1. The average Bonchev–Trinajstić information content (AvgIpc) is 2.60. The van der Waals surface area contributed by atoms with E-state index in [1.165, 1.54) is 30.3 Å². The quantitative estimate of drug-likeness (QED) is 0.691. The highest BCUT2D eigenvalue weighted by Crippen LogP contribution is 2.33. The Morgan fingerprint density at radius 3 is 2.50 bits per heavy atom. The first kappa shape index (κ1) is 19.4. The van der Waals surface area contributed by atoms with Crippen LogP contribution in [0.4, 0.5) is 28.0 Å². The lowest BCUT2D eigenvalue weighted by Gasteiger charge is -2.34. The number of carbonyl (C=O) groups is 2. The molecule has 2 aromatic rings. The zero-order valence-electron chi connectivity index (χ0n) is 14.3. The topological polar surface area (TPSA) is 70.2 Å². The molecule has 0 bridgehead atoms. The molecule has 5 nitrogen and oxygen atoms in total. The van der Waals surface area contributed by atoms with Gasteiger partial charge in [0.15, 0.2) is 0 Å². The van der Waals surface area contributed by atoms with Crippen LogP contribution in [0.1, 0.15) is 17.2 Å². The first-order valence-electron chi connectivity index (χ1n) is 8.15. The summed E-state index contributed by atoms with van der Waals surface area (Å²) in [7, 11) is 0. The number of alkyl halides is 3. The number of benzene rings is 2. The molecule has 3 amide bonds. The van der Waals surface area contributed by atoms with E-state index in [0.717, 1.165) is 18.2 Å². The van der Waals surface area contributed by atoms with E-state index in [2.05, 4.69) is 22.5 Å². The summed E-state index contributed by atoms with van der Waals surface area (Å²) in [5.41, 5.74) is -0.953. The zero-order chi connectivity index (χ0) is 20.5. The molecule has 0 unspecified atom stereocenters. The molecule has 0 spiro atoms. The minimum atomic E-state index is -4.57. The molecule has 1 saturated heterocycles. The van der Waals surface area contributed by atoms with Gasteiger partial charge in [-0.1, -0.05) is 30.8 Å². The molecule has 146 valence electrons. The maximum Gasteiger partial charge on any atom is 0.416 e. The van der Waals surface area contributed by atoms with Crippen molar-refractivity contribution in [3.63, 3.8) is 0 Å². The molecular formula is C19H15F4N3O2. The molecule has 0 aromatic heterocycles. The van der Waals surface area contributed by atoms with Crippen LogP contribution in [0.3, 0.4) is 0 Å². The molecule has 1 aliphatic heterocycles. The fraction of sp³-hybridized carbons (Fsp3) is 0.158. The van der Waals surface area contributed by atoms with Crippen molar-refractivity contribution in [1.82, 2.24) is 10.6 Å². The second kappa shape index (κ2) is 7.34. The van der Waals surface area contributed by atoms with Crippen molar-refractivity contribution in [1.29, 1.82) is 0 Å². The van der Waals surface area contributed by atoms with Crippen molar-refractivity contribution >= 4 is 17.6 Å². The van der Waals surface area contributed by atoms with Crippen molar-refractivity contribution in [2.45, 2.75) is 12.2 Å². The minimum Gasteiger partial charge on any atom is -0.330 e. The minimum absolute atomic E-state index is 0.00137. The van der Waals surface area contributed by atoms with Gasteiger partial charge in [-0.3, -0.25) is 4.79 Å². The molecule has 1 aliphatic rings. The monoisotopic (exact) mass is 393 g/mol. The van der Waals surface area contributed by atoms with Crippen LogP contribution < -0.4 is 16.0 Å². The van der Waals surface area contributed by atoms with E-state index in [9.17, 15) is 27.2 Å². The largest absolute Gasteiger partial charge is 0.416 e. The number of halogens is 4. The predicted molar refractivity (Wildman–Crippen MR) is 93.5 cm³/mol. The average molecular weight is 393 g/mol. The standard InChI is InChI=1S/C19H15F4N3O2/c1-10-15(16(26-18(28)24-10)13-7-2-3-8-14(13)20)17(27)25-12-6-4-5-11(9-12)19(21,22)23/h2-9,15-16H,1H2,(H,25,27)(H2,24,26,28)/t15-,16+/m0/s1. The molecule has 9 heteroatoms. The molecule has 28 heavy (non-hydrogen) atoms. The summed E-state index contributed by atoms with van der Waals surface area (Å²) in [5, 5.41) is 7.18. The summed E-state index contributed by atoms with van der Waals surface area (Å²) >= 11 is 0. The zero-order valence-corrected chi connectivity index (χ0v) is 14.3. The molecule has 1 heterocycles. The Morgan fingerprint density at radius 1 is 1.11 bits per heavy atom. The van der Waals surface area contributed by atoms with E-state index in [-0.39, 0.29) is 16.9 Å². The second-order valence-corrected chi connectivity index (χ2v) is 6.17. The first-order chi connectivity index (χ1) is 13.2. The highest BCUT2D eigenvalue weighted by molar-refractivity contribution is 5.97. The predicted octanol–water partition coefficient (Wildman–Crippen LogP) is 3.97. The van der Waals surface area contributed by atoms with Gasteiger partial charge in [-0.2, -0.15) is 13.2 Å². The van der Waals surface area contributed by atoms with E-state index in [1.54, 1.807) is 0 Å². The van der Waals surface area contributed by atoms with Crippen LogP contribution >= 0.6 is 0 Å². The van der Waals surface area contributed by atoms with E-state index in [1.807, 2.05) is 0 Å². The molecule has 2 atom stereocenters. The van der Waals surface area contributed by atoms with Crippen molar-refractivity contribution in [3.05, 3.63) is 77.8 Å². The van der Waals surface area contributed by atoms with Crippen molar-refractivity contribution in [3.8, 4) is 0 Å². The van der Waals surface area contributed by atoms with Gasteiger partial charge >= 0.3 is 12.2 Å². The number of anilines is 1. The third kappa shape index (κ3) is 3.98. The summed E-state index contributed by atoms with van der Waals surface area (Å²) in [6.07, 6.45) is -4.57. The van der Waals surface area contributed by atoms with Crippen LogP contribution in [0.5, 0.6) is 0 Å². The van der Waals surface area contributed by atoms with Gasteiger partial charge in [0.1, 0.15) is 11.7 Å². The summed E-state index contributed by atoms with van der Waals surface area (Å²) < 4.78 is 52.8. The molecular weight excluding hydrogens is 378 g/mol. The van der Waals surface area contributed by atoms with E-state index < -0.39 is 41.5 Å². The van der Waals surface area contributed by atoms with Crippen LogP contribution in [0.15, 0.2) is 60.8 Å². The van der Waals surface area contributed by atoms with E-state index in [0.29, 0.717) is 0 Å². The molecule has 1 fully saturated rings. The van der Waals surface area contributed by atoms with Gasteiger partial charge in [0.05, 0.1) is 11.6 Å². The van der Waals surface area contributed by atoms with Gasteiger partial charge in [0.2, 0.25) is 5.91 Å². The lowest BCUT2D eigenvalue weighted by Crippen LogP contribution is -2.52. The van der Waals surface area contributed by atoms with Gasteiger partial charge in [-0.25, -0.2) is 9.18 Å². The lowest BCUT2D eigenvalue weighted by atomic mass is 9.88. The van der Waals surface area contributed by atoms with Gasteiger partial charge in [0, 0.05) is 16.9 Å². The first-order valence-corrected chi connectivity index (χ1v) is 8.15. The van der Waals surface area contributed by atoms with Crippen LogP contribution in [0.25, 0.3) is 0 Å². The van der Waals surface area contributed by atoms with Crippen LogP contribution in [-0.4, -0.2) is 11.9 Å².